The van der Waals surface area contributed by atoms with Gasteiger partial charge >= 0.3 is 5.97 Å². The summed E-state index contributed by atoms with van der Waals surface area (Å²) in [6.45, 7) is 5.99. The van der Waals surface area contributed by atoms with E-state index < -0.39 is 5.97 Å². The van der Waals surface area contributed by atoms with Crippen LogP contribution in [0.25, 0.3) is 11.8 Å². The fraction of sp³-hybridized carbons (Fsp3) is 0.200. The van der Waals surface area contributed by atoms with E-state index >= 15 is 0 Å². The second-order valence-corrected chi connectivity index (χ2v) is 4.56. The second kappa shape index (κ2) is 5.10. The predicted octanol–water partition coefficient (Wildman–Crippen LogP) is 2.90. The predicted molar refractivity (Wildman–Crippen MR) is 74.4 cm³/mol. The molecule has 0 fully saturated rings. The fourth-order valence-corrected chi connectivity index (χ4v) is 1.94. The molecule has 0 aliphatic rings. The first-order valence-electron chi connectivity index (χ1n) is 6.02. The monoisotopic (exact) mass is 256 g/mol. The molecule has 4 nitrogen and oxygen atoms in total. The molecule has 0 spiro atoms. The highest BCUT2D eigenvalue weighted by molar-refractivity contribution is 5.85. The van der Waals surface area contributed by atoms with Gasteiger partial charge in [-0.2, -0.15) is 5.10 Å². The summed E-state index contributed by atoms with van der Waals surface area (Å²) >= 11 is 0. The zero-order valence-corrected chi connectivity index (χ0v) is 11.2. The van der Waals surface area contributed by atoms with Crippen LogP contribution in [0.4, 0.5) is 0 Å². The van der Waals surface area contributed by atoms with Gasteiger partial charge in [-0.3, -0.25) is 0 Å². The van der Waals surface area contributed by atoms with E-state index in [2.05, 4.69) is 23.3 Å². The summed E-state index contributed by atoms with van der Waals surface area (Å²) in [7, 11) is 0. The van der Waals surface area contributed by atoms with E-state index in [0.717, 1.165) is 34.1 Å². The van der Waals surface area contributed by atoms with Crippen molar-refractivity contribution in [1.82, 2.24) is 9.78 Å². The van der Waals surface area contributed by atoms with Crippen molar-refractivity contribution in [1.29, 1.82) is 0 Å². The van der Waals surface area contributed by atoms with Crippen molar-refractivity contribution in [2.45, 2.75) is 20.8 Å². The standard InChI is InChI=1S/C15H16N2O2/c1-10-4-5-11(2)14(8-10)17-12(3)13(9-16-17)6-7-15(18)19/h4-9H,1-3H3,(H,18,19)/b7-6+. The summed E-state index contributed by atoms with van der Waals surface area (Å²) in [5.74, 6) is -0.959. The van der Waals surface area contributed by atoms with Crippen LogP contribution in [0.3, 0.4) is 0 Å². The maximum absolute atomic E-state index is 10.5. The van der Waals surface area contributed by atoms with Crippen molar-refractivity contribution in [3.63, 3.8) is 0 Å². The SMILES string of the molecule is Cc1ccc(C)c(-n2ncc(/C=C/C(=O)O)c2C)c1. The third-order valence-electron chi connectivity index (χ3n) is 3.05. The van der Waals surface area contributed by atoms with Gasteiger partial charge in [0.15, 0.2) is 0 Å². The van der Waals surface area contributed by atoms with Gasteiger partial charge in [-0.1, -0.05) is 12.1 Å². The van der Waals surface area contributed by atoms with Crippen LogP contribution in [-0.4, -0.2) is 20.9 Å². The number of aromatic nitrogens is 2. The Balaban J connectivity index is 2.47. The van der Waals surface area contributed by atoms with E-state index in [1.807, 2.05) is 25.5 Å². The van der Waals surface area contributed by atoms with Crippen molar-refractivity contribution in [2.24, 2.45) is 0 Å². The van der Waals surface area contributed by atoms with E-state index in [9.17, 15) is 4.79 Å². The highest BCUT2D eigenvalue weighted by Gasteiger charge is 2.08. The molecule has 0 radical (unpaired) electrons. The van der Waals surface area contributed by atoms with Crippen molar-refractivity contribution < 1.29 is 9.90 Å². The average molecular weight is 256 g/mol. The Morgan fingerprint density at radius 2 is 2.05 bits per heavy atom. The topological polar surface area (TPSA) is 55.1 Å². The van der Waals surface area contributed by atoms with E-state index in [1.165, 1.54) is 0 Å². The first-order valence-corrected chi connectivity index (χ1v) is 6.02. The maximum atomic E-state index is 10.5. The number of carbonyl (C=O) groups is 1. The molecule has 1 heterocycles. The van der Waals surface area contributed by atoms with Crippen molar-refractivity contribution in [2.75, 3.05) is 0 Å². The number of aryl methyl sites for hydroxylation is 2. The molecule has 0 saturated heterocycles. The Hall–Kier alpha value is -2.36. The average Bonchev–Trinajstić information content (AvgIpc) is 2.71. The van der Waals surface area contributed by atoms with Crippen LogP contribution in [0.5, 0.6) is 0 Å². The molecule has 4 heteroatoms. The van der Waals surface area contributed by atoms with Crippen LogP contribution in [0.2, 0.25) is 0 Å². The smallest absolute Gasteiger partial charge is 0.328 e. The number of carboxylic acids is 1. The summed E-state index contributed by atoms with van der Waals surface area (Å²) in [4.78, 5) is 10.5. The van der Waals surface area contributed by atoms with Gasteiger partial charge in [-0.05, 0) is 44.0 Å². The summed E-state index contributed by atoms with van der Waals surface area (Å²) in [6, 6.07) is 6.18. The molecule has 2 rings (SSSR count). The van der Waals surface area contributed by atoms with Gasteiger partial charge in [0.25, 0.3) is 0 Å². The van der Waals surface area contributed by atoms with Crippen LogP contribution in [0.1, 0.15) is 22.4 Å². The maximum Gasteiger partial charge on any atom is 0.328 e. The summed E-state index contributed by atoms with van der Waals surface area (Å²) < 4.78 is 1.84. The summed E-state index contributed by atoms with van der Waals surface area (Å²) in [6.07, 6.45) is 4.36. The quantitative estimate of drug-likeness (QED) is 0.859. The molecule has 0 atom stereocenters. The summed E-state index contributed by atoms with van der Waals surface area (Å²) in [5.41, 5.74) is 5.05. The first kappa shape index (κ1) is 13.1. The number of nitrogens with zero attached hydrogens (tertiary/aromatic N) is 2. The Morgan fingerprint density at radius 1 is 1.32 bits per heavy atom. The van der Waals surface area contributed by atoms with Gasteiger partial charge < -0.3 is 5.11 Å². The lowest BCUT2D eigenvalue weighted by molar-refractivity contribution is -0.131. The number of carboxylic acid groups (broad SMARTS) is 1. The van der Waals surface area contributed by atoms with E-state index in [4.69, 9.17) is 5.11 Å². The Labute approximate surface area is 112 Å². The zero-order valence-electron chi connectivity index (χ0n) is 11.2. The number of hydrogen-bond acceptors (Lipinski definition) is 2. The van der Waals surface area contributed by atoms with Gasteiger partial charge in [-0.25, -0.2) is 9.48 Å². The van der Waals surface area contributed by atoms with Crippen molar-refractivity contribution in [3.05, 3.63) is 52.9 Å². The van der Waals surface area contributed by atoms with Crippen LogP contribution in [0.15, 0.2) is 30.5 Å². The molecule has 98 valence electrons. The van der Waals surface area contributed by atoms with Crippen LogP contribution >= 0.6 is 0 Å². The van der Waals surface area contributed by atoms with Gasteiger partial charge in [0.1, 0.15) is 0 Å². The van der Waals surface area contributed by atoms with Crippen molar-refractivity contribution >= 4 is 12.0 Å². The normalized spacial score (nSPS) is 11.1. The van der Waals surface area contributed by atoms with Crippen LogP contribution in [-0.2, 0) is 4.79 Å². The van der Waals surface area contributed by atoms with Crippen LogP contribution < -0.4 is 0 Å². The van der Waals surface area contributed by atoms with E-state index in [0.29, 0.717) is 0 Å². The van der Waals surface area contributed by atoms with Gasteiger partial charge in [-0.15, -0.1) is 0 Å². The molecule has 1 aromatic carbocycles. The van der Waals surface area contributed by atoms with Gasteiger partial charge in [0.2, 0.25) is 0 Å². The van der Waals surface area contributed by atoms with E-state index in [-0.39, 0.29) is 0 Å². The molecule has 0 amide bonds. The molecular weight excluding hydrogens is 240 g/mol. The number of benzene rings is 1. The molecule has 0 saturated carbocycles. The highest BCUT2D eigenvalue weighted by Crippen LogP contribution is 2.19. The molecule has 0 aliphatic heterocycles. The number of hydrogen-bond donors (Lipinski definition) is 1. The molecule has 19 heavy (non-hydrogen) atoms. The highest BCUT2D eigenvalue weighted by atomic mass is 16.4. The molecule has 1 N–H and O–H groups in total. The Bertz CT molecular complexity index is 654. The lowest BCUT2D eigenvalue weighted by atomic mass is 10.1. The minimum absolute atomic E-state index is 0.809. The Morgan fingerprint density at radius 3 is 2.74 bits per heavy atom. The van der Waals surface area contributed by atoms with E-state index in [1.54, 1.807) is 12.3 Å². The third kappa shape index (κ3) is 2.73. The Kier molecular flexibility index (Phi) is 3.51. The third-order valence-corrected chi connectivity index (χ3v) is 3.05. The number of aliphatic carboxylic acids is 1. The molecule has 0 unspecified atom stereocenters. The second-order valence-electron chi connectivity index (χ2n) is 4.56. The summed E-state index contributed by atoms with van der Waals surface area (Å²) in [5, 5.41) is 13.0. The number of rotatable bonds is 3. The largest absolute Gasteiger partial charge is 0.478 e. The van der Waals surface area contributed by atoms with Crippen LogP contribution in [0, 0.1) is 20.8 Å². The molecule has 2 aromatic rings. The first-order chi connectivity index (χ1) is 8.99. The molecular formula is C15H16N2O2. The molecule has 0 bridgehead atoms. The molecule has 0 aliphatic carbocycles. The lowest BCUT2D eigenvalue weighted by Gasteiger charge is -2.09. The minimum atomic E-state index is -0.959. The van der Waals surface area contributed by atoms with Gasteiger partial charge in [0.05, 0.1) is 11.9 Å². The van der Waals surface area contributed by atoms with Crippen molar-refractivity contribution in [3.8, 4) is 5.69 Å². The zero-order chi connectivity index (χ0) is 14.0. The lowest BCUT2D eigenvalue weighted by Crippen LogP contribution is -2.01. The fourth-order valence-electron chi connectivity index (χ4n) is 1.94. The minimum Gasteiger partial charge on any atom is -0.478 e. The molecule has 1 aromatic heterocycles. The van der Waals surface area contributed by atoms with Gasteiger partial charge in [0, 0.05) is 17.3 Å².